The highest BCUT2D eigenvalue weighted by atomic mass is 16.5. The van der Waals surface area contributed by atoms with Crippen molar-refractivity contribution in [3.8, 4) is 0 Å². The van der Waals surface area contributed by atoms with Crippen molar-refractivity contribution in [2.45, 2.75) is 19.8 Å². The van der Waals surface area contributed by atoms with E-state index in [1.165, 1.54) is 0 Å². The van der Waals surface area contributed by atoms with Gasteiger partial charge in [-0.2, -0.15) is 0 Å². The standard InChI is InChI=1S/C15H22N2O2/c1-2-16-15(18)13-3-5-14(6-4-13)17-11-12-7-9-19-10-8-12/h3-6,12,17H,2,7-11H2,1H3,(H,16,18). The minimum atomic E-state index is -0.0153. The zero-order valence-electron chi connectivity index (χ0n) is 11.4. The lowest BCUT2D eigenvalue weighted by Gasteiger charge is -2.22. The second-order valence-corrected chi connectivity index (χ2v) is 4.87. The third-order valence-electron chi connectivity index (χ3n) is 3.42. The Balaban J connectivity index is 1.82. The van der Waals surface area contributed by atoms with E-state index in [-0.39, 0.29) is 5.91 Å². The summed E-state index contributed by atoms with van der Waals surface area (Å²) >= 11 is 0. The second kappa shape index (κ2) is 7.14. The zero-order valence-corrected chi connectivity index (χ0v) is 11.4. The van der Waals surface area contributed by atoms with Gasteiger partial charge < -0.3 is 15.4 Å². The SMILES string of the molecule is CCNC(=O)c1ccc(NCC2CCOCC2)cc1. The summed E-state index contributed by atoms with van der Waals surface area (Å²) in [4.78, 5) is 11.6. The highest BCUT2D eigenvalue weighted by Crippen LogP contribution is 2.16. The average molecular weight is 262 g/mol. The van der Waals surface area contributed by atoms with Crippen molar-refractivity contribution in [2.24, 2.45) is 5.92 Å². The van der Waals surface area contributed by atoms with Crippen LogP contribution in [0.3, 0.4) is 0 Å². The third-order valence-corrected chi connectivity index (χ3v) is 3.42. The molecule has 1 amide bonds. The Morgan fingerprint density at radius 3 is 2.58 bits per heavy atom. The summed E-state index contributed by atoms with van der Waals surface area (Å²) in [5.74, 6) is 0.676. The van der Waals surface area contributed by atoms with Crippen molar-refractivity contribution >= 4 is 11.6 Å². The molecular formula is C15H22N2O2. The number of nitrogens with one attached hydrogen (secondary N) is 2. The molecule has 1 aromatic rings. The summed E-state index contributed by atoms with van der Waals surface area (Å²) in [5, 5.41) is 6.22. The lowest BCUT2D eigenvalue weighted by molar-refractivity contribution is 0.0699. The number of hydrogen-bond donors (Lipinski definition) is 2. The fourth-order valence-electron chi connectivity index (χ4n) is 2.21. The molecule has 1 aromatic carbocycles. The Morgan fingerprint density at radius 2 is 1.95 bits per heavy atom. The van der Waals surface area contributed by atoms with Crippen LogP contribution in [0.25, 0.3) is 0 Å². The highest BCUT2D eigenvalue weighted by Gasteiger charge is 2.13. The maximum absolute atomic E-state index is 11.6. The van der Waals surface area contributed by atoms with Crippen molar-refractivity contribution in [3.63, 3.8) is 0 Å². The molecule has 1 saturated heterocycles. The minimum Gasteiger partial charge on any atom is -0.385 e. The van der Waals surface area contributed by atoms with Gasteiger partial charge in [-0.1, -0.05) is 0 Å². The van der Waals surface area contributed by atoms with Crippen LogP contribution in [0.5, 0.6) is 0 Å². The molecule has 2 N–H and O–H groups in total. The van der Waals surface area contributed by atoms with Crippen LogP contribution in [-0.4, -0.2) is 32.2 Å². The molecule has 4 heteroatoms. The first kappa shape index (κ1) is 13.9. The van der Waals surface area contributed by atoms with Gasteiger partial charge >= 0.3 is 0 Å². The number of anilines is 1. The predicted molar refractivity (Wildman–Crippen MR) is 76.5 cm³/mol. The largest absolute Gasteiger partial charge is 0.385 e. The lowest BCUT2D eigenvalue weighted by Crippen LogP contribution is -2.23. The molecular weight excluding hydrogens is 240 g/mol. The van der Waals surface area contributed by atoms with E-state index in [0.29, 0.717) is 18.0 Å². The van der Waals surface area contributed by atoms with E-state index in [9.17, 15) is 4.79 Å². The van der Waals surface area contributed by atoms with Crippen LogP contribution >= 0.6 is 0 Å². The molecule has 1 fully saturated rings. The number of benzene rings is 1. The van der Waals surface area contributed by atoms with Gasteiger partial charge in [0, 0.05) is 37.6 Å². The lowest BCUT2D eigenvalue weighted by atomic mass is 10.0. The van der Waals surface area contributed by atoms with E-state index < -0.39 is 0 Å². The zero-order chi connectivity index (χ0) is 13.5. The summed E-state index contributed by atoms with van der Waals surface area (Å²) in [5.41, 5.74) is 1.78. The molecule has 0 atom stereocenters. The van der Waals surface area contributed by atoms with Gasteiger partial charge in [0.25, 0.3) is 5.91 Å². The van der Waals surface area contributed by atoms with E-state index in [4.69, 9.17) is 4.74 Å². The van der Waals surface area contributed by atoms with Crippen LogP contribution in [0, 0.1) is 5.92 Å². The van der Waals surface area contributed by atoms with Gasteiger partial charge in [0.05, 0.1) is 0 Å². The topological polar surface area (TPSA) is 50.4 Å². The summed E-state index contributed by atoms with van der Waals surface area (Å²) < 4.78 is 5.34. The Bertz CT molecular complexity index is 397. The fourth-order valence-corrected chi connectivity index (χ4v) is 2.21. The number of rotatable bonds is 5. The van der Waals surface area contributed by atoms with Gasteiger partial charge in [0.2, 0.25) is 0 Å². The van der Waals surface area contributed by atoms with E-state index in [0.717, 1.165) is 38.3 Å². The molecule has 1 aliphatic heterocycles. The average Bonchev–Trinajstić information content (AvgIpc) is 2.47. The molecule has 0 saturated carbocycles. The first-order valence-corrected chi connectivity index (χ1v) is 6.99. The molecule has 1 heterocycles. The van der Waals surface area contributed by atoms with Crippen LogP contribution in [0.1, 0.15) is 30.1 Å². The first-order chi connectivity index (χ1) is 9.29. The van der Waals surface area contributed by atoms with Crippen molar-refractivity contribution in [1.29, 1.82) is 0 Å². The Hall–Kier alpha value is -1.55. The summed E-state index contributed by atoms with van der Waals surface area (Å²) in [6.07, 6.45) is 2.26. The number of hydrogen-bond acceptors (Lipinski definition) is 3. The van der Waals surface area contributed by atoms with E-state index in [1.807, 2.05) is 31.2 Å². The van der Waals surface area contributed by atoms with Crippen molar-refractivity contribution < 1.29 is 9.53 Å². The maximum Gasteiger partial charge on any atom is 0.251 e. The molecule has 2 rings (SSSR count). The summed E-state index contributed by atoms with van der Waals surface area (Å²) in [7, 11) is 0. The molecule has 0 radical (unpaired) electrons. The Labute approximate surface area is 114 Å². The van der Waals surface area contributed by atoms with Crippen molar-refractivity contribution in [3.05, 3.63) is 29.8 Å². The molecule has 0 spiro atoms. The minimum absolute atomic E-state index is 0.0153. The monoisotopic (exact) mass is 262 g/mol. The normalized spacial score (nSPS) is 16.1. The second-order valence-electron chi connectivity index (χ2n) is 4.87. The quantitative estimate of drug-likeness (QED) is 0.856. The number of ether oxygens (including phenoxy) is 1. The third kappa shape index (κ3) is 4.24. The summed E-state index contributed by atoms with van der Waals surface area (Å²) in [6, 6.07) is 7.64. The fraction of sp³-hybridized carbons (Fsp3) is 0.533. The van der Waals surface area contributed by atoms with Crippen LogP contribution in [0.2, 0.25) is 0 Å². The van der Waals surface area contributed by atoms with Crippen LogP contribution in [0.4, 0.5) is 5.69 Å². The Morgan fingerprint density at radius 1 is 1.26 bits per heavy atom. The number of amides is 1. The van der Waals surface area contributed by atoms with Crippen LogP contribution in [0.15, 0.2) is 24.3 Å². The van der Waals surface area contributed by atoms with Gasteiger partial charge in [-0.15, -0.1) is 0 Å². The van der Waals surface area contributed by atoms with Gasteiger partial charge in [-0.05, 0) is 49.9 Å². The first-order valence-electron chi connectivity index (χ1n) is 6.99. The summed E-state index contributed by atoms with van der Waals surface area (Å²) in [6.45, 7) is 5.30. The molecule has 0 aromatic heterocycles. The number of carbonyl (C=O) groups is 1. The molecule has 4 nitrogen and oxygen atoms in total. The molecule has 0 bridgehead atoms. The molecule has 1 aliphatic rings. The maximum atomic E-state index is 11.6. The predicted octanol–water partition coefficient (Wildman–Crippen LogP) is 2.27. The van der Waals surface area contributed by atoms with Gasteiger partial charge in [-0.3, -0.25) is 4.79 Å². The van der Waals surface area contributed by atoms with E-state index >= 15 is 0 Å². The number of carbonyl (C=O) groups excluding carboxylic acids is 1. The van der Waals surface area contributed by atoms with Gasteiger partial charge in [0.15, 0.2) is 0 Å². The van der Waals surface area contributed by atoms with Gasteiger partial charge in [-0.25, -0.2) is 0 Å². The van der Waals surface area contributed by atoms with Crippen molar-refractivity contribution in [2.75, 3.05) is 31.6 Å². The van der Waals surface area contributed by atoms with Crippen molar-refractivity contribution in [1.82, 2.24) is 5.32 Å². The van der Waals surface area contributed by atoms with E-state index in [1.54, 1.807) is 0 Å². The molecule has 0 unspecified atom stereocenters. The molecule has 0 aliphatic carbocycles. The smallest absolute Gasteiger partial charge is 0.251 e. The highest BCUT2D eigenvalue weighted by molar-refractivity contribution is 5.94. The molecule has 104 valence electrons. The Kier molecular flexibility index (Phi) is 5.21. The van der Waals surface area contributed by atoms with Crippen LogP contribution in [-0.2, 0) is 4.74 Å². The van der Waals surface area contributed by atoms with E-state index in [2.05, 4.69) is 10.6 Å². The van der Waals surface area contributed by atoms with Gasteiger partial charge in [0.1, 0.15) is 0 Å². The molecule has 19 heavy (non-hydrogen) atoms. The van der Waals surface area contributed by atoms with Crippen LogP contribution < -0.4 is 10.6 Å².